The second-order valence-electron chi connectivity index (χ2n) is 3.86. The van der Waals surface area contributed by atoms with E-state index in [1.165, 1.54) is 12.1 Å². The van der Waals surface area contributed by atoms with Gasteiger partial charge in [0.25, 0.3) is 0 Å². The Labute approximate surface area is 99.5 Å². The summed E-state index contributed by atoms with van der Waals surface area (Å²) in [7, 11) is 0. The summed E-state index contributed by atoms with van der Waals surface area (Å²) >= 11 is 0. The third kappa shape index (κ3) is 2.72. The molecule has 0 fully saturated rings. The van der Waals surface area contributed by atoms with Crippen molar-refractivity contribution in [3.05, 3.63) is 54.0 Å². The molecule has 0 radical (unpaired) electrons. The summed E-state index contributed by atoms with van der Waals surface area (Å²) in [6.45, 7) is 1.97. The highest BCUT2D eigenvalue weighted by molar-refractivity contribution is 5.61. The van der Waals surface area contributed by atoms with Gasteiger partial charge in [0.15, 0.2) is 0 Å². The monoisotopic (exact) mass is 231 g/mol. The van der Waals surface area contributed by atoms with Gasteiger partial charge in [-0.05, 0) is 36.8 Å². The van der Waals surface area contributed by atoms with Crippen molar-refractivity contribution in [3.63, 3.8) is 0 Å². The van der Waals surface area contributed by atoms with Crippen LogP contribution in [-0.4, -0.2) is 4.98 Å². The highest BCUT2D eigenvalue weighted by Crippen LogP contribution is 2.21. The van der Waals surface area contributed by atoms with Crippen LogP contribution in [0.2, 0.25) is 0 Å². The molecule has 2 rings (SSSR count). The Kier molecular flexibility index (Phi) is 3.23. The predicted molar refractivity (Wildman–Crippen MR) is 67.1 cm³/mol. The van der Waals surface area contributed by atoms with E-state index in [-0.39, 0.29) is 11.9 Å². The zero-order chi connectivity index (χ0) is 12.3. The zero-order valence-electron chi connectivity index (χ0n) is 9.52. The predicted octanol–water partition coefficient (Wildman–Crippen LogP) is 2.98. The SMILES string of the molecule is CC(Nc1ncccc1N)c1ccc(F)cc1. The molecule has 1 aromatic carbocycles. The summed E-state index contributed by atoms with van der Waals surface area (Å²) < 4.78 is 12.8. The first-order valence-corrected chi connectivity index (χ1v) is 5.39. The Balaban J connectivity index is 2.14. The Morgan fingerprint density at radius 3 is 2.59 bits per heavy atom. The van der Waals surface area contributed by atoms with E-state index >= 15 is 0 Å². The van der Waals surface area contributed by atoms with E-state index in [0.717, 1.165) is 5.56 Å². The fourth-order valence-electron chi connectivity index (χ4n) is 1.58. The normalized spacial score (nSPS) is 12.1. The molecule has 0 aliphatic heterocycles. The van der Waals surface area contributed by atoms with Crippen LogP contribution in [0.1, 0.15) is 18.5 Å². The van der Waals surface area contributed by atoms with Gasteiger partial charge in [0.1, 0.15) is 11.6 Å². The third-order valence-corrected chi connectivity index (χ3v) is 2.56. The smallest absolute Gasteiger partial charge is 0.149 e. The van der Waals surface area contributed by atoms with Gasteiger partial charge in [0.2, 0.25) is 0 Å². The number of nitrogens with zero attached hydrogens (tertiary/aromatic N) is 1. The van der Waals surface area contributed by atoms with Crippen molar-refractivity contribution in [2.75, 3.05) is 11.1 Å². The van der Waals surface area contributed by atoms with Crippen molar-refractivity contribution in [1.29, 1.82) is 0 Å². The molecule has 4 heteroatoms. The van der Waals surface area contributed by atoms with Crippen LogP contribution in [0.3, 0.4) is 0 Å². The van der Waals surface area contributed by atoms with E-state index in [1.54, 1.807) is 30.5 Å². The maximum Gasteiger partial charge on any atom is 0.149 e. The molecule has 3 N–H and O–H groups in total. The fraction of sp³-hybridized carbons (Fsp3) is 0.154. The molecule has 0 amide bonds. The van der Waals surface area contributed by atoms with Crippen molar-refractivity contribution < 1.29 is 4.39 Å². The minimum Gasteiger partial charge on any atom is -0.396 e. The summed E-state index contributed by atoms with van der Waals surface area (Å²) in [5.74, 6) is 0.405. The number of nitrogen functional groups attached to an aromatic ring is 1. The summed E-state index contributed by atoms with van der Waals surface area (Å²) in [5.41, 5.74) is 7.37. The van der Waals surface area contributed by atoms with Crippen LogP contribution in [-0.2, 0) is 0 Å². The van der Waals surface area contributed by atoms with Crippen molar-refractivity contribution in [3.8, 4) is 0 Å². The maximum absolute atomic E-state index is 12.8. The first-order chi connectivity index (χ1) is 8.16. The molecule has 0 aliphatic carbocycles. The van der Waals surface area contributed by atoms with Crippen LogP contribution >= 0.6 is 0 Å². The minimum absolute atomic E-state index is 0.0211. The number of rotatable bonds is 3. The van der Waals surface area contributed by atoms with E-state index in [0.29, 0.717) is 11.5 Å². The molecule has 2 aromatic rings. The number of nitrogens with one attached hydrogen (secondary N) is 1. The number of benzene rings is 1. The summed E-state index contributed by atoms with van der Waals surface area (Å²) in [5, 5.41) is 3.19. The Morgan fingerprint density at radius 2 is 1.94 bits per heavy atom. The number of anilines is 2. The van der Waals surface area contributed by atoms with Crippen LogP contribution in [0.25, 0.3) is 0 Å². The number of hydrogen-bond acceptors (Lipinski definition) is 3. The second kappa shape index (κ2) is 4.82. The van der Waals surface area contributed by atoms with Gasteiger partial charge in [-0.25, -0.2) is 9.37 Å². The molecule has 0 aliphatic rings. The van der Waals surface area contributed by atoms with Gasteiger partial charge in [-0.3, -0.25) is 0 Å². The molecule has 0 saturated carbocycles. The fourth-order valence-corrected chi connectivity index (χ4v) is 1.58. The van der Waals surface area contributed by atoms with Gasteiger partial charge >= 0.3 is 0 Å². The van der Waals surface area contributed by atoms with E-state index < -0.39 is 0 Å². The molecule has 3 nitrogen and oxygen atoms in total. The quantitative estimate of drug-likeness (QED) is 0.853. The van der Waals surface area contributed by atoms with E-state index in [9.17, 15) is 4.39 Å². The van der Waals surface area contributed by atoms with Crippen LogP contribution in [0.15, 0.2) is 42.6 Å². The lowest BCUT2D eigenvalue weighted by Gasteiger charge is -2.16. The van der Waals surface area contributed by atoms with Crippen LogP contribution < -0.4 is 11.1 Å². The number of hydrogen-bond donors (Lipinski definition) is 2. The molecule has 0 bridgehead atoms. The Morgan fingerprint density at radius 1 is 1.24 bits per heavy atom. The third-order valence-electron chi connectivity index (χ3n) is 2.56. The van der Waals surface area contributed by atoms with Gasteiger partial charge < -0.3 is 11.1 Å². The van der Waals surface area contributed by atoms with Crippen molar-refractivity contribution in [1.82, 2.24) is 4.98 Å². The van der Waals surface area contributed by atoms with Crippen LogP contribution in [0, 0.1) is 5.82 Å². The van der Waals surface area contributed by atoms with Gasteiger partial charge in [-0.1, -0.05) is 12.1 Å². The largest absolute Gasteiger partial charge is 0.396 e. The highest BCUT2D eigenvalue weighted by atomic mass is 19.1. The molecule has 88 valence electrons. The Hall–Kier alpha value is -2.10. The molecular weight excluding hydrogens is 217 g/mol. The number of halogens is 1. The van der Waals surface area contributed by atoms with Crippen LogP contribution in [0.5, 0.6) is 0 Å². The van der Waals surface area contributed by atoms with Crippen molar-refractivity contribution >= 4 is 11.5 Å². The van der Waals surface area contributed by atoms with Crippen molar-refractivity contribution in [2.24, 2.45) is 0 Å². The minimum atomic E-state index is -0.238. The van der Waals surface area contributed by atoms with Crippen LogP contribution in [0.4, 0.5) is 15.9 Å². The lowest BCUT2D eigenvalue weighted by atomic mass is 10.1. The van der Waals surface area contributed by atoms with Crippen molar-refractivity contribution in [2.45, 2.75) is 13.0 Å². The van der Waals surface area contributed by atoms with Gasteiger partial charge in [0, 0.05) is 6.20 Å². The molecule has 1 atom stereocenters. The second-order valence-corrected chi connectivity index (χ2v) is 3.86. The molecule has 17 heavy (non-hydrogen) atoms. The van der Waals surface area contributed by atoms with Gasteiger partial charge in [-0.15, -0.1) is 0 Å². The number of nitrogens with two attached hydrogens (primary N) is 1. The van der Waals surface area contributed by atoms with E-state index in [4.69, 9.17) is 5.73 Å². The molecule has 0 spiro atoms. The maximum atomic E-state index is 12.8. The topological polar surface area (TPSA) is 50.9 Å². The summed E-state index contributed by atoms with van der Waals surface area (Å²) in [4.78, 5) is 4.15. The standard InChI is InChI=1S/C13H14FN3/c1-9(10-4-6-11(14)7-5-10)17-13-12(15)3-2-8-16-13/h2-9H,15H2,1H3,(H,16,17). The Bertz CT molecular complexity index is 496. The zero-order valence-corrected chi connectivity index (χ0v) is 9.52. The average Bonchev–Trinajstić information content (AvgIpc) is 2.33. The lowest BCUT2D eigenvalue weighted by molar-refractivity contribution is 0.626. The van der Waals surface area contributed by atoms with Gasteiger partial charge in [-0.2, -0.15) is 0 Å². The average molecular weight is 231 g/mol. The molecule has 1 heterocycles. The number of aromatic nitrogens is 1. The van der Waals surface area contributed by atoms with E-state index in [2.05, 4.69) is 10.3 Å². The lowest BCUT2D eigenvalue weighted by Crippen LogP contribution is -2.09. The summed E-state index contributed by atoms with van der Waals surface area (Å²) in [6.07, 6.45) is 1.68. The molecule has 0 saturated heterocycles. The first-order valence-electron chi connectivity index (χ1n) is 5.39. The van der Waals surface area contributed by atoms with E-state index in [1.807, 2.05) is 6.92 Å². The van der Waals surface area contributed by atoms with Gasteiger partial charge in [0.05, 0.1) is 11.7 Å². The molecular formula is C13H14FN3. The molecule has 1 aromatic heterocycles. The summed E-state index contributed by atoms with van der Waals surface area (Å²) in [6, 6.07) is 9.95. The highest BCUT2D eigenvalue weighted by Gasteiger charge is 2.07. The number of pyridine rings is 1. The molecule has 1 unspecified atom stereocenters. The first kappa shape index (κ1) is 11.4.